The zero-order valence-corrected chi connectivity index (χ0v) is 18.7. The van der Waals surface area contributed by atoms with Crippen LogP contribution in [0.2, 0.25) is 0 Å². The predicted molar refractivity (Wildman–Crippen MR) is 115 cm³/mol. The minimum atomic E-state index is 0. The van der Waals surface area contributed by atoms with Gasteiger partial charge in [-0.1, -0.05) is 92.7 Å². The zero-order chi connectivity index (χ0) is 18.5. The van der Waals surface area contributed by atoms with Crippen LogP contribution in [-0.2, 0) is 4.74 Å². The molecule has 0 unspecified atom stereocenters. The summed E-state index contributed by atoms with van der Waals surface area (Å²) in [6.07, 6.45) is 0. The third-order valence-electron chi connectivity index (χ3n) is 3.60. The molecule has 1 aliphatic rings. The van der Waals surface area contributed by atoms with E-state index in [0.29, 0.717) is 18.6 Å². The largest absolute Gasteiger partial charge is 0.475 e. The Balaban J connectivity index is 0.000000437. The van der Waals surface area contributed by atoms with Gasteiger partial charge >= 0.3 is 0 Å². The molecule has 27 heavy (non-hydrogen) atoms. The Hall–Kier alpha value is -2.07. The first kappa shape index (κ1) is 23.0. The molecule has 0 bridgehead atoms. The van der Waals surface area contributed by atoms with Crippen molar-refractivity contribution in [2.24, 2.45) is 10.9 Å². The Morgan fingerprint density at radius 1 is 0.889 bits per heavy atom. The molecule has 1 atom stereocenters. The van der Waals surface area contributed by atoms with Crippen molar-refractivity contribution in [3.63, 3.8) is 0 Å². The van der Waals surface area contributed by atoms with Crippen molar-refractivity contribution in [1.29, 1.82) is 0 Å². The van der Waals surface area contributed by atoms with E-state index in [1.165, 1.54) is 0 Å². The zero-order valence-electron chi connectivity index (χ0n) is 15.8. The molecule has 0 aliphatic carbocycles. The molecule has 4 rings (SSSR count). The summed E-state index contributed by atoms with van der Waals surface area (Å²) >= 11 is 0. The van der Waals surface area contributed by atoms with Crippen LogP contribution in [0, 0.1) is 24.1 Å². The fraction of sp³-hybridized carbons (Fsp3) is 0.208. The smallest absolute Gasteiger partial charge is 0.217 e. The molecular formula is C24H26NOSn. The SMILES string of the molecule is CC(C)[C@H]1COC(c2[c]cccc2)=N1.[HH].[Sn].[c]1ccccc1.[c]1ccccc1. The van der Waals surface area contributed by atoms with Crippen LogP contribution in [-0.4, -0.2) is 42.5 Å². The van der Waals surface area contributed by atoms with Gasteiger partial charge in [0.25, 0.3) is 0 Å². The van der Waals surface area contributed by atoms with Crippen molar-refractivity contribution < 1.29 is 6.16 Å². The molecule has 7 radical (unpaired) electrons. The van der Waals surface area contributed by atoms with Gasteiger partial charge in [-0.25, -0.2) is 4.99 Å². The van der Waals surface area contributed by atoms with E-state index in [0.717, 1.165) is 11.5 Å². The first-order chi connectivity index (χ1) is 12.8. The molecule has 0 amide bonds. The number of benzene rings is 3. The summed E-state index contributed by atoms with van der Waals surface area (Å²) in [6.45, 7) is 5.03. The van der Waals surface area contributed by atoms with Crippen LogP contribution >= 0.6 is 0 Å². The molecule has 2 nitrogen and oxygen atoms in total. The van der Waals surface area contributed by atoms with E-state index in [1.807, 2.05) is 84.9 Å². The summed E-state index contributed by atoms with van der Waals surface area (Å²) in [5.74, 6) is 1.28. The molecule has 0 fully saturated rings. The maximum absolute atomic E-state index is 5.53. The van der Waals surface area contributed by atoms with Crippen LogP contribution in [0.1, 0.15) is 20.8 Å². The van der Waals surface area contributed by atoms with Gasteiger partial charge in [-0.05, 0) is 30.2 Å². The van der Waals surface area contributed by atoms with Gasteiger partial charge in [0.1, 0.15) is 6.61 Å². The Morgan fingerprint density at radius 3 is 1.78 bits per heavy atom. The van der Waals surface area contributed by atoms with Crippen molar-refractivity contribution in [2.75, 3.05) is 6.61 Å². The summed E-state index contributed by atoms with van der Waals surface area (Å²) in [7, 11) is 0. The molecule has 1 aliphatic heterocycles. The van der Waals surface area contributed by atoms with E-state index in [9.17, 15) is 0 Å². The van der Waals surface area contributed by atoms with Crippen molar-refractivity contribution in [2.45, 2.75) is 19.9 Å². The van der Waals surface area contributed by atoms with Gasteiger partial charge in [-0.3, -0.25) is 0 Å². The number of aliphatic imine (C=N–C) groups is 1. The molecule has 0 aromatic heterocycles. The summed E-state index contributed by atoms with van der Waals surface area (Å²) in [4.78, 5) is 4.52. The van der Waals surface area contributed by atoms with Gasteiger partial charge < -0.3 is 4.74 Å². The minimum Gasteiger partial charge on any atom is -0.475 e. The average molecular weight is 463 g/mol. The number of rotatable bonds is 2. The molecule has 3 aromatic rings. The van der Waals surface area contributed by atoms with E-state index in [1.54, 1.807) is 0 Å². The van der Waals surface area contributed by atoms with E-state index in [-0.39, 0.29) is 25.3 Å². The second kappa shape index (κ2) is 14.0. The average Bonchev–Trinajstić information content (AvgIpc) is 3.23. The van der Waals surface area contributed by atoms with E-state index in [4.69, 9.17) is 4.74 Å². The number of hydrogen-bond donors (Lipinski definition) is 0. The van der Waals surface area contributed by atoms with Gasteiger partial charge in [-0.2, -0.15) is 0 Å². The van der Waals surface area contributed by atoms with E-state index in [2.05, 4.69) is 37.0 Å². The second-order valence-corrected chi connectivity index (χ2v) is 5.99. The molecule has 137 valence electrons. The van der Waals surface area contributed by atoms with Gasteiger partial charge in [0.2, 0.25) is 5.90 Å². The minimum absolute atomic E-state index is 0. The van der Waals surface area contributed by atoms with Crippen molar-refractivity contribution >= 4 is 29.8 Å². The Morgan fingerprint density at radius 2 is 1.44 bits per heavy atom. The van der Waals surface area contributed by atoms with Crippen LogP contribution in [0.5, 0.6) is 0 Å². The first-order valence-corrected chi connectivity index (χ1v) is 8.77. The summed E-state index contributed by atoms with van der Waals surface area (Å²) in [6, 6.07) is 36.2. The van der Waals surface area contributed by atoms with Crippen molar-refractivity contribution in [3.05, 3.63) is 109 Å². The Labute approximate surface area is 181 Å². The van der Waals surface area contributed by atoms with Crippen molar-refractivity contribution in [3.8, 4) is 0 Å². The van der Waals surface area contributed by atoms with Crippen LogP contribution in [0.3, 0.4) is 0 Å². The molecule has 1 heterocycles. The maximum Gasteiger partial charge on any atom is 0.217 e. The fourth-order valence-electron chi connectivity index (χ4n) is 2.09. The fourth-order valence-corrected chi connectivity index (χ4v) is 2.09. The predicted octanol–water partition coefficient (Wildman–Crippen LogP) is 5.13. The Kier molecular flexibility index (Phi) is 11.9. The summed E-state index contributed by atoms with van der Waals surface area (Å²) < 4.78 is 5.53. The second-order valence-electron chi connectivity index (χ2n) is 5.99. The monoisotopic (exact) mass is 464 g/mol. The molecule has 0 spiro atoms. The van der Waals surface area contributed by atoms with Gasteiger partial charge in [0, 0.05) is 30.9 Å². The van der Waals surface area contributed by atoms with E-state index >= 15 is 0 Å². The molecular weight excluding hydrogens is 437 g/mol. The van der Waals surface area contributed by atoms with Crippen LogP contribution in [0.15, 0.2) is 89.9 Å². The number of ether oxygens (including phenoxy) is 1. The third-order valence-corrected chi connectivity index (χ3v) is 3.60. The standard InChI is InChI=1S/C12H14NO.2C6H5.Sn.H2/c1-9(2)11-8-14-12(13-11)10-6-4-3-5-7-10;2*1-2-4-6-5-3-1;;/h3-6,9,11H,8H2,1-2H3;2*1-5H;;1H/t11-;;;;/m1..../s1. The summed E-state index contributed by atoms with van der Waals surface area (Å²) in [5.41, 5.74) is 0.954. The number of hydrogen-bond acceptors (Lipinski definition) is 2. The van der Waals surface area contributed by atoms with Gasteiger partial charge in [0.05, 0.1) is 6.04 Å². The maximum atomic E-state index is 5.53. The van der Waals surface area contributed by atoms with Crippen LogP contribution in [0.25, 0.3) is 0 Å². The van der Waals surface area contributed by atoms with Gasteiger partial charge in [-0.15, -0.1) is 0 Å². The molecule has 0 saturated heterocycles. The number of nitrogens with zero attached hydrogens (tertiary/aromatic N) is 1. The molecule has 3 aromatic carbocycles. The normalized spacial score (nSPS) is 14.3. The topological polar surface area (TPSA) is 21.6 Å². The molecule has 0 N–H and O–H groups in total. The Bertz CT molecular complexity index is 651. The van der Waals surface area contributed by atoms with Gasteiger partial charge in [0.15, 0.2) is 0 Å². The van der Waals surface area contributed by atoms with E-state index < -0.39 is 0 Å². The summed E-state index contributed by atoms with van der Waals surface area (Å²) in [5, 5.41) is 0. The molecule has 0 saturated carbocycles. The molecule has 3 heteroatoms. The van der Waals surface area contributed by atoms with Crippen molar-refractivity contribution in [1.82, 2.24) is 0 Å². The third kappa shape index (κ3) is 9.43. The first-order valence-electron chi connectivity index (χ1n) is 8.77. The van der Waals surface area contributed by atoms with Crippen LogP contribution < -0.4 is 0 Å². The van der Waals surface area contributed by atoms with Crippen LogP contribution in [0.4, 0.5) is 0 Å². The quantitative estimate of drug-likeness (QED) is 0.484.